The van der Waals surface area contributed by atoms with E-state index in [1.165, 1.54) is 6.54 Å². The van der Waals surface area contributed by atoms with E-state index in [0.29, 0.717) is 18.7 Å². The van der Waals surface area contributed by atoms with E-state index < -0.39 is 0 Å². The van der Waals surface area contributed by atoms with Gasteiger partial charge in [0.05, 0.1) is 52.1 Å². The molecule has 4 rings (SSSR count). The zero-order chi connectivity index (χ0) is 20.4. The Balaban J connectivity index is 1.57. The summed E-state index contributed by atoms with van der Waals surface area (Å²) in [5.74, 6) is 2.64. The lowest BCUT2D eigenvalue weighted by Crippen LogP contribution is -3.14. The van der Waals surface area contributed by atoms with E-state index in [2.05, 4.69) is 11.8 Å². The summed E-state index contributed by atoms with van der Waals surface area (Å²) in [6, 6.07) is 7.32. The molecule has 1 N–H and O–H groups in total. The van der Waals surface area contributed by atoms with Crippen LogP contribution in [0.3, 0.4) is 0 Å². The van der Waals surface area contributed by atoms with Gasteiger partial charge in [-0.25, -0.2) is 9.97 Å². The second-order valence-electron chi connectivity index (χ2n) is 7.82. The van der Waals surface area contributed by atoms with Gasteiger partial charge in [-0.1, -0.05) is 0 Å². The number of amides is 1. The molecule has 1 saturated heterocycles. The molecular weight excluding hydrogens is 366 g/mol. The Morgan fingerprint density at radius 1 is 1.14 bits per heavy atom. The SMILES string of the molecule is CC[NH+]1CCN(c2nc(C)nc3c2CN(C(=O)c2ccc(OC)cc2)CC3)CC1. The van der Waals surface area contributed by atoms with Gasteiger partial charge in [0, 0.05) is 24.1 Å². The second-order valence-corrected chi connectivity index (χ2v) is 7.82. The summed E-state index contributed by atoms with van der Waals surface area (Å²) >= 11 is 0. The molecule has 154 valence electrons. The fourth-order valence-corrected chi connectivity index (χ4v) is 4.26. The fourth-order valence-electron chi connectivity index (χ4n) is 4.26. The molecular formula is C22H30N5O2+. The van der Waals surface area contributed by atoms with Crippen LogP contribution in [0.5, 0.6) is 5.75 Å². The predicted molar refractivity (Wildman–Crippen MR) is 112 cm³/mol. The number of nitrogens with one attached hydrogen (secondary N) is 1. The molecule has 0 radical (unpaired) electrons. The number of carbonyl (C=O) groups is 1. The fraction of sp³-hybridized carbons (Fsp3) is 0.500. The van der Waals surface area contributed by atoms with E-state index >= 15 is 0 Å². The van der Waals surface area contributed by atoms with Gasteiger partial charge in [0.15, 0.2) is 0 Å². The largest absolute Gasteiger partial charge is 0.497 e. The molecule has 0 spiro atoms. The summed E-state index contributed by atoms with van der Waals surface area (Å²) < 4.78 is 5.20. The first-order valence-corrected chi connectivity index (χ1v) is 10.5. The number of likely N-dealkylation sites (N-methyl/N-ethyl adjacent to an activating group) is 1. The lowest BCUT2D eigenvalue weighted by atomic mass is 10.0. The Labute approximate surface area is 172 Å². The molecule has 1 fully saturated rings. The van der Waals surface area contributed by atoms with Gasteiger partial charge in [-0.3, -0.25) is 4.79 Å². The van der Waals surface area contributed by atoms with Gasteiger partial charge in [-0.05, 0) is 38.1 Å². The molecule has 2 aliphatic heterocycles. The van der Waals surface area contributed by atoms with Gasteiger partial charge in [0.25, 0.3) is 5.91 Å². The number of aromatic nitrogens is 2. The van der Waals surface area contributed by atoms with E-state index in [0.717, 1.165) is 61.2 Å². The third-order valence-electron chi connectivity index (χ3n) is 6.04. The van der Waals surface area contributed by atoms with Gasteiger partial charge in [0.2, 0.25) is 0 Å². The quantitative estimate of drug-likeness (QED) is 0.825. The van der Waals surface area contributed by atoms with Crippen LogP contribution in [0.25, 0.3) is 0 Å². The molecule has 3 heterocycles. The summed E-state index contributed by atoms with van der Waals surface area (Å²) in [7, 11) is 1.63. The highest BCUT2D eigenvalue weighted by Gasteiger charge is 2.29. The Hall–Kier alpha value is -2.67. The van der Waals surface area contributed by atoms with Crippen molar-refractivity contribution in [2.75, 3.05) is 51.3 Å². The average molecular weight is 397 g/mol. The number of methoxy groups -OCH3 is 1. The lowest BCUT2D eigenvalue weighted by Gasteiger charge is -2.36. The summed E-state index contributed by atoms with van der Waals surface area (Å²) in [5, 5.41) is 0. The smallest absolute Gasteiger partial charge is 0.254 e. The van der Waals surface area contributed by atoms with Gasteiger partial charge in [-0.15, -0.1) is 0 Å². The number of piperazine rings is 1. The van der Waals surface area contributed by atoms with Crippen LogP contribution < -0.4 is 14.5 Å². The van der Waals surface area contributed by atoms with Crippen LogP contribution in [0.15, 0.2) is 24.3 Å². The van der Waals surface area contributed by atoms with Crippen LogP contribution in [0.4, 0.5) is 5.82 Å². The molecule has 1 aromatic carbocycles. The molecule has 0 saturated carbocycles. The third-order valence-corrected chi connectivity index (χ3v) is 6.04. The standard InChI is InChI=1S/C22H29N5O2/c1-4-25-11-13-26(14-12-25)21-19-15-27(10-9-20(19)23-16(2)24-21)22(28)17-5-7-18(29-3)8-6-17/h5-8H,4,9-15H2,1-3H3/p+1. The lowest BCUT2D eigenvalue weighted by molar-refractivity contribution is -0.898. The molecule has 2 aromatic rings. The molecule has 2 aliphatic rings. The van der Waals surface area contributed by atoms with Crippen LogP contribution in [0.2, 0.25) is 0 Å². The van der Waals surface area contributed by atoms with Crippen LogP contribution in [0, 0.1) is 6.92 Å². The van der Waals surface area contributed by atoms with E-state index in [9.17, 15) is 4.79 Å². The molecule has 29 heavy (non-hydrogen) atoms. The predicted octanol–water partition coefficient (Wildman–Crippen LogP) is 0.717. The highest BCUT2D eigenvalue weighted by molar-refractivity contribution is 5.94. The average Bonchev–Trinajstić information content (AvgIpc) is 2.78. The number of aryl methyl sites for hydroxylation is 1. The minimum atomic E-state index is 0.0464. The number of rotatable bonds is 4. The molecule has 1 amide bonds. The van der Waals surface area contributed by atoms with Crippen molar-refractivity contribution in [2.24, 2.45) is 0 Å². The molecule has 7 nitrogen and oxygen atoms in total. The van der Waals surface area contributed by atoms with Crippen molar-refractivity contribution < 1.29 is 14.4 Å². The van der Waals surface area contributed by atoms with Crippen molar-refractivity contribution in [3.8, 4) is 5.75 Å². The Kier molecular flexibility index (Phi) is 5.67. The topological polar surface area (TPSA) is 63.0 Å². The zero-order valence-corrected chi connectivity index (χ0v) is 17.6. The number of quaternary nitrogens is 1. The Morgan fingerprint density at radius 3 is 2.52 bits per heavy atom. The highest BCUT2D eigenvalue weighted by atomic mass is 16.5. The van der Waals surface area contributed by atoms with E-state index in [1.54, 1.807) is 12.0 Å². The Morgan fingerprint density at radius 2 is 1.86 bits per heavy atom. The van der Waals surface area contributed by atoms with Crippen LogP contribution in [-0.4, -0.2) is 67.2 Å². The number of hydrogen-bond donors (Lipinski definition) is 1. The van der Waals surface area contributed by atoms with Crippen LogP contribution in [0.1, 0.15) is 34.4 Å². The van der Waals surface area contributed by atoms with Crippen molar-refractivity contribution >= 4 is 11.7 Å². The molecule has 0 unspecified atom stereocenters. The summed E-state index contributed by atoms with van der Waals surface area (Å²) in [6.07, 6.45) is 0.772. The number of benzene rings is 1. The molecule has 7 heteroatoms. The monoisotopic (exact) mass is 396 g/mol. The minimum Gasteiger partial charge on any atom is -0.497 e. The molecule has 1 aromatic heterocycles. The summed E-state index contributed by atoms with van der Waals surface area (Å²) in [5.41, 5.74) is 2.89. The van der Waals surface area contributed by atoms with Crippen LogP contribution in [-0.2, 0) is 13.0 Å². The van der Waals surface area contributed by atoms with E-state index in [1.807, 2.05) is 36.1 Å². The van der Waals surface area contributed by atoms with Crippen molar-refractivity contribution in [3.05, 3.63) is 46.9 Å². The molecule has 0 aliphatic carbocycles. The van der Waals surface area contributed by atoms with Gasteiger partial charge >= 0.3 is 0 Å². The van der Waals surface area contributed by atoms with Crippen molar-refractivity contribution in [3.63, 3.8) is 0 Å². The maximum Gasteiger partial charge on any atom is 0.254 e. The molecule has 0 bridgehead atoms. The maximum absolute atomic E-state index is 13.1. The summed E-state index contributed by atoms with van der Waals surface area (Å²) in [4.78, 5) is 28.5. The van der Waals surface area contributed by atoms with Crippen molar-refractivity contribution in [1.82, 2.24) is 14.9 Å². The van der Waals surface area contributed by atoms with Gasteiger partial charge in [0.1, 0.15) is 17.4 Å². The zero-order valence-electron chi connectivity index (χ0n) is 17.6. The van der Waals surface area contributed by atoms with Crippen LogP contribution >= 0.6 is 0 Å². The Bertz CT molecular complexity index is 876. The second kappa shape index (κ2) is 8.37. The number of ether oxygens (including phenoxy) is 1. The van der Waals surface area contributed by atoms with Crippen molar-refractivity contribution in [2.45, 2.75) is 26.8 Å². The first-order valence-electron chi connectivity index (χ1n) is 10.5. The number of anilines is 1. The van der Waals surface area contributed by atoms with E-state index in [-0.39, 0.29) is 5.91 Å². The van der Waals surface area contributed by atoms with Crippen molar-refractivity contribution in [1.29, 1.82) is 0 Å². The number of carbonyl (C=O) groups excluding carboxylic acids is 1. The first-order chi connectivity index (χ1) is 14.1. The normalized spacial score (nSPS) is 17.2. The minimum absolute atomic E-state index is 0.0464. The number of hydrogen-bond acceptors (Lipinski definition) is 5. The maximum atomic E-state index is 13.1. The first kappa shape index (κ1) is 19.6. The summed E-state index contributed by atoms with van der Waals surface area (Å²) in [6.45, 7) is 10.9. The van der Waals surface area contributed by atoms with Gasteiger partial charge in [-0.2, -0.15) is 0 Å². The number of fused-ring (bicyclic) bond motifs is 1. The van der Waals surface area contributed by atoms with Gasteiger partial charge < -0.3 is 19.4 Å². The third kappa shape index (κ3) is 4.05. The highest BCUT2D eigenvalue weighted by Crippen LogP contribution is 2.28. The number of nitrogens with zero attached hydrogens (tertiary/aromatic N) is 4. The molecule has 0 atom stereocenters. The van der Waals surface area contributed by atoms with E-state index in [4.69, 9.17) is 14.7 Å².